The molecule has 2 aromatic rings. The van der Waals surface area contributed by atoms with Crippen LogP contribution in [0.15, 0.2) is 41.3 Å². The minimum atomic E-state index is -0.295. The van der Waals surface area contributed by atoms with Crippen molar-refractivity contribution in [2.75, 3.05) is 5.32 Å². The second-order valence-corrected chi connectivity index (χ2v) is 5.65. The van der Waals surface area contributed by atoms with Gasteiger partial charge in [-0.25, -0.2) is 0 Å². The molecule has 1 heterocycles. The summed E-state index contributed by atoms with van der Waals surface area (Å²) in [6.45, 7) is 0. The first-order valence-corrected chi connectivity index (χ1v) is 7.51. The molecule has 1 aliphatic carbocycles. The van der Waals surface area contributed by atoms with E-state index in [4.69, 9.17) is 5.41 Å². The maximum atomic E-state index is 12.2. The summed E-state index contributed by atoms with van der Waals surface area (Å²) in [5, 5.41) is 21.3. The van der Waals surface area contributed by atoms with Crippen LogP contribution in [0.1, 0.15) is 44.2 Å². The van der Waals surface area contributed by atoms with Gasteiger partial charge in [-0.05, 0) is 31.0 Å². The smallest absolute Gasteiger partial charge is 0.259 e. The number of aromatic nitrogens is 1. The second kappa shape index (κ2) is 7.13. The molecule has 1 saturated carbocycles. The Kier molecular flexibility index (Phi) is 5.21. The number of rotatable bonds is 4. The highest BCUT2D eigenvalue weighted by molar-refractivity contribution is 6.13. The normalized spacial score (nSPS) is 14.3. The van der Waals surface area contributed by atoms with Gasteiger partial charge in [-0.15, -0.1) is 0 Å². The Morgan fingerprint density at radius 2 is 2.00 bits per heavy atom. The molecule has 0 saturated heterocycles. The molecule has 23 heavy (non-hydrogen) atoms. The van der Waals surface area contributed by atoms with Gasteiger partial charge < -0.3 is 15.4 Å². The van der Waals surface area contributed by atoms with Crippen LogP contribution in [-0.2, 0) is 0 Å². The molecule has 4 N–H and O–H groups in total. The third kappa shape index (κ3) is 3.62. The topological polar surface area (TPSA) is 89.0 Å². The van der Waals surface area contributed by atoms with Gasteiger partial charge in [0.2, 0.25) is 0 Å². The zero-order valence-corrected chi connectivity index (χ0v) is 12.2. The van der Waals surface area contributed by atoms with Crippen molar-refractivity contribution in [3.05, 3.63) is 58.0 Å². The van der Waals surface area contributed by atoms with E-state index in [0.717, 1.165) is 12.8 Å². The Balaban J connectivity index is 0.00000192. The Morgan fingerprint density at radius 1 is 1.26 bits per heavy atom. The summed E-state index contributed by atoms with van der Waals surface area (Å²) in [4.78, 5) is 14.8. The summed E-state index contributed by atoms with van der Waals surface area (Å²) in [6, 6.07) is 8.58. The molecule has 122 valence electrons. The number of H-pyrrole nitrogens is 1. The monoisotopic (exact) mass is 313 g/mol. The van der Waals surface area contributed by atoms with Gasteiger partial charge in [0.05, 0.1) is 17.0 Å². The van der Waals surface area contributed by atoms with Crippen molar-refractivity contribution >= 4 is 11.4 Å². The van der Waals surface area contributed by atoms with Crippen molar-refractivity contribution in [2.24, 2.45) is 0 Å². The highest BCUT2D eigenvalue weighted by Crippen LogP contribution is 2.24. The number of hydrogen-bond acceptors (Lipinski definition) is 4. The largest absolute Gasteiger partial charge is 0.508 e. The fourth-order valence-electron chi connectivity index (χ4n) is 2.94. The molecule has 0 bridgehead atoms. The third-order valence-electron chi connectivity index (χ3n) is 4.06. The van der Waals surface area contributed by atoms with Crippen molar-refractivity contribution in [1.82, 2.24) is 4.98 Å². The van der Waals surface area contributed by atoms with Gasteiger partial charge in [-0.1, -0.05) is 32.4 Å². The van der Waals surface area contributed by atoms with E-state index in [1.54, 1.807) is 30.5 Å². The number of nitrogens with one attached hydrogen (secondary N) is 3. The summed E-state index contributed by atoms with van der Waals surface area (Å²) in [5.74, 6) is 0.0833. The van der Waals surface area contributed by atoms with Gasteiger partial charge in [-0.2, -0.15) is 0 Å². The number of aromatic amines is 1. The van der Waals surface area contributed by atoms with Crippen LogP contribution in [0, 0.1) is 5.41 Å². The lowest BCUT2D eigenvalue weighted by atomic mass is 10.0. The van der Waals surface area contributed by atoms with E-state index in [9.17, 15) is 9.90 Å². The number of benzene rings is 1. The predicted octanol–water partition coefficient (Wildman–Crippen LogP) is 3.49. The Hall–Kier alpha value is -2.56. The zero-order chi connectivity index (χ0) is 15.5. The fraction of sp³-hybridized carbons (Fsp3) is 0.333. The van der Waals surface area contributed by atoms with Gasteiger partial charge in [0.15, 0.2) is 0 Å². The van der Waals surface area contributed by atoms with Crippen LogP contribution in [0.3, 0.4) is 0 Å². The minimum absolute atomic E-state index is 0. The van der Waals surface area contributed by atoms with E-state index < -0.39 is 0 Å². The molecule has 5 nitrogen and oxygen atoms in total. The molecule has 0 amide bonds. The van der Waals surface area contributed by atoms with Crippen molar-refractivity contribution < 1.29 is 5.11 Å². The second-order valence-electron chi connectivity index (χ2n) is 5.65. The molecule has 1 fully saturated rings. The maximum Gasteiger partial charge on any atom is 0.259 e. The summed E-state index contributed by atoms with van der Waals surface area (Å²) < 4.78 is 0. The number of hydrogen-bond donors (Lipinski definition) is 4. The molecule has 1 aromatic heterocycles. The van der Waals surface area contributed by atoms with Gasteiger partial charge in [0.1, 0.15) is 5.75 Å². The van der Waals surface area contributed by atoms with Gasteiger partial charge in [0.25, 0.3) is 5.56 Å². The SMILES string of the molecule is C.N=C(c1cccc(O)c1)c1c(NC2CCCC2)cc[nH]c1=O. The van der Waals surface area contributed by atoms with Gasteiger partial charge in [0, 0.05) is 17.8 Å². The molecule has 0 atom stereocenters. The fourth-order valence-corrected chi connectivity index (χ4v) is 2.94. The molecular formula is C18H23N3O2. The van der Waals surface area contributed by atoms with Crippen LogP contribution >= 0.6 is 0 Å². The molecule has 3 rings (SSSR count). The van der Waals surface area contributed by atoms with Gasteiger partial charge in [-0.3, -0.25) is 10.2 Å². The molecule has 0 unspecified atom stereocenters. The highest BCUT2D eigenvalue weighted by atomic mass is 16.3. The number of phenolic OH excluding ortho intramolecular Hbond substituents is 1. The number of anilines is 1. The van der Waals surface area contributed by atoms with E-state index in [-0.39, 0.29) is 24.4 Å². The Morgan fingerprint density at radius 3 is 2.70 bits per heavy atom. The summed E-state index contributed by atoms with van der Waals surface area (Å²) in [5.41, 5.74) is 1.34. The van der Waals surface area contributed by atoms with E-state index in [2.05, 4.69) is 10.3 Å². The zero-order valence-electron chi connectivity index (χ0n) is 12.2. The molecule has 0 spiro atoms. The van der Waals surface area contributed by atoms with Crippen LogP contribution in [0.5, 0.6) is 5.75 Å². The number of phenols is 1. The van der Waals surface area contributed by atoms with Crippen LogP contribution < -0.4 is 10.9 Å². The number of aromatic hydroxyl groups is 1. The van der Waals surface area contributed by atoms with E-state index in [1.165, 1.54) is 18.9 Å². The summed E-state index contributed by atoms with van der Waals surface area (Å²) in [7, 11) is 0. The minimum Gasteiger partial charge on any atom is -0.508 e. The first-order valence-electron chi connectivity index (χ1n) is 7.51. The number of pyridine rings is 1. The molecule has 0 radical (unpaired) electrons. The van der Waals surface area contributed by atoms with Crippen molar-refractivity contribution in [3.63, 3.8) is 0 Å². The summed E-state index contributed by atoms with van der Waals surface area (Å²) in [6.07, 6.45) is 6.16. The Labute approximate surface area is 135 Å². The quantitative estimate of drug-likeness (QED) is 0.651. The first-order chi connectivity index (χ1) is 10.6. The lowest BCUT2D eigenvalue weighted by molar-refractivity contribution is 0.475. The van der Waals surface area contributed by atoms with Crippen LogP contribution in [-0.4, -0.2) is 21.8 Å². The van der Waals surface area contributed by atoms with Crippen LogP contribution in [0.4, 0.5) is 5.69 Å². The summed E-state index contributed by atoms with van der Waals surface area (Å²) >= 11 is 0. The van der Waals surface area contributed by atoms with E-state index >= 15 is 0 Å². The molecule has 0 aliphatic heterocycles. The molecule has 1 aliphatic rings. The van der Waals surface area contributed by atoms with Crippen LogP contribution in [0.2, 0.25) is 0 Å². The standard InChI is InChI=1S/C17H19N3O2.CH4/c18-16(11-4-3-7-13(21)10-11)15-14(8-9-19-17(15)22)20-12-5-1-2-6-12;/h3-4,7-10,12,18,21H,1-2,5-6H2,(H2,19,20,22);1H4. The van der Waals surface area contributed by atoms with Crippen LogP contribution in [0.25, 0.3) is 0 Å². The van der Waals surface area contributed by atoms with Gasteiger partial charge >= 0.3 is 0 Å². The molecule has 1 aromatic carbocycles. The lowest BCUT2D eigenvalue weighted by Gasteiger charge is -2.17. The van der Waals surface area contributed by atoms with E-state index in [0.29, 0.717) is 22.9 Å². The maximum absolute atomic E-state index is 12.2. The van der Waals surface area contributed by atoms with Crippen molar-refractivity contribution in [2.45, 2.75) is 39.2 Å². The molecular weight excluding hydrogens is 290 g/mol. The average molecular weight is 313 g/mol. The molecule has 5 heteroatoms. The third-order valence-corrected chi connectivity index (χ3v) is 4.06. The van der Waals surface area contributed by atoms with E-state index in [1.807, 2.05) is 0 Å². The lowest BCUT2D eigenvalue weighted by Crippen LogP contribution is -2.24. The first kappa shape index (κ1) is 16.8. The predicted molar refractivity (Wildman–Crippen MR) is 93.7 cm³/mol. The Bertz CT molecular complexity index is 746. The van der Waals surface area contributed by atoms with Crippen molar-refractivity contribution in [1.29, 1.82) is 5.41 Å². The van der Waals surface area contributed by atoms with Crippen molar-refractivity contribution in [3.8, 4) is 5.75 Å². The highest BCUT2D eigenvalue weighted by Gasteiger charge is 2.19. The average Bonchev–Trinajstić information content (AvgIpc) is 3.00.